The Balaban J connectivity index is 3.27. The van der Waals surface area contributed by atoms with Crippen molar-refractivity contribution in [1.29, 1.82) is 0 Å². The first-order valence-corrected chi connectivity index (χ1v) is 5.62. The van der Waals surface area contributed by atoms with Crippen LogP contribution in [0.5, 0.6) is 5.75 Å². The van der Waals surface area contributed by atoms with E-state index in [1.165, 1.54) is 5.56 Å². The summed E-state index contributed by atoms with van der Waals surface area (Å²) in [5, 5.41) is 3.06. The molecule has 0 aliphatic heterocycles. The molecule has 1 atom stereocenters. The second-order valence-electron chi connectivity index (χ2n) is 4.37. The van der Waals surface area contributed by atoms with Gasteiger partial charge in [0.15, 0.2) is 0 Å². The second kappa shape index (κ2) is 5.32. The third-order valence-corrected chi connectivity index (χ3v) is 2.89. The number of aryl methyl sites for hydroxylation is 1. The van der Waals surface area contributed by atoms with Crippen LogP contribution in [-0.2, 0) is 0 Å². The maximum absolute atomic E-state index is 6.00. The van der Waals surface area contributed by atoms with Gasteiger partial charge in [0.25, 0.3) is 0 Å². The highest BCUT2D eigenvalue weighted by Gasteiger charge is 2.14. The molecule has 0 saturated carbocycles. The van der Waals surface area contributed by atoms with Gasteiger partial charge in [0, 0.05) is 0 Å². The third kappa shape index (κ3) is 2.54. The summed E-state index contributed by atoms with van der Waals surface area (Å²) in [7, 11) is 3.57. The zero-order valence-electron chi connectivity index (χ0n) is 10.8. The lowest BCUT2D eigenvalue weighted by Gasteiger charge is -2.19. The molecule has 3 N–H and O–H groups in total. The molecule has 0 bridgehead atoms. The van der Waals surface area contributed by atoms with Crippen LogP contribution >= 0.6 is 0 Å². The van der Waals surface area contributed by atoms with Crippen molar-refractivity contribution in [2.24, 2.45) is 5.73 Å². The van der Waals surface area contributed by atoms with E-state index in [0.29, 0.717) is 5.92 Å². The number of benzene rings is 1. The van der Waals surface area contributed by atoms with E-state index in [2.05, 4.69) is 38.2 Å². The summed E-state index contributed by atoms with van der Waals surface area (Å²) in [6.45, 7) is 6.36. The Hall–Kier alpha value is -1.06. The minimum absolute atomic E-state index is 0.122. The van der Waals surface area contributed by atoms with Crippen LogP contribution in [0, 0.1) is 6.92 Å². The maximum Gasteiger partial charge on any atom is 0.122 e. The number of nitrogens with two attached hydrogens (primary N) is 1. The van der Waals surface area contributed by atoms with Gasteiger partial charge in [-0.1, -0.05) is 13.8 Å². The van der Waals surface area contributed by atoms with E-state index in [1.54, 1.807) is 7.11 Å². The first-order valence-electron chi connectivity index (χ1n) is 5.62. The highest BCUT2D eigenvalue weighted by molar-refractivity contribution is 5.44. The van der Waals surface area contributed by atoms with Crippen LogP contribution < -0.4 is 15.8 Å². The van der Waals surface area contributed by atoms with Gasteiger partial charge in [0.2, 0.25) is 0 Å². The van der Waals surface area contributed by atoms with E-state index in [9.17, 15) is 0 Å². The molecule has 0 aromatic heterocycles. The minimum atomic E-state index is -0.122. The van der Waals surface area contributed by atoms with Crippen molar-refractivity contribution in [3.63, 3.8) is 0 Å². The monoisotopic (exact) mass is 222 g/mol. The van der Waals surface area contributed by atoms with Crippen molar-refractivity contribution in [2.45, 2.75) is 32.9 Å². The van der Waals surface area contributed by atoms with E-state index < -0.39 is 0 Å². The molecule has 0 aliphatic rings. The largest absolute Gasteiger partial charge is 0.496 e. The van der Waals surface area contributed by atoms with E-state index in [1.807, 2.05) is 7.05 Å². The van der Waals surface area contributed by atoms with Crippen molar-refractivity contribution in [3.8, 4) is 5.75 Å². The molecule has 0 heterocycles. The Morgan fingerprint density at radius 2 is 1.88 bits per heavy atom. The van der Waals surface area contributed by atoms with Gasteiger partial charge in [-0.15, -0.1) is 0 Å². The van der Waals surface area contributed by atoms with Crippen molar-refractivity contribution < 1.29 is 4.74 Å². The molecule has 3 heteroatoms. The van der Waals surface area contributed by atoms with E-state index in [4.69, 9.17) is 10.5 Å². The second-order valence-corrected chi connectivity index (χ2v) is 4.37. The standard InChI is InChI=1S/C13H22N2O/c1-8(2)10-7-11(13(14)15-4)9(3)6-12(10)16-5/h6-8,13,15H,14H2,1-5H3. The molecular weight excluding hydrogens is 200 g/mol. The predicted octanol–water partition coefficient (Wildman–Crippen LogP) is 2.30. The van der Waals surface area contributed by atoms with Crippen LogP contribution in [0.2, 0.25) is 0 Å². The first kappa shape index (κ1) is 13.0. The molecule has 1 unspecified atom stereocenters. The number of hydrogen-bond donors (Lipinski definition) is 2. The van der Waals surface area contributed by atoms with Crippen LogP contribution in [0.3, 0.4) is 0 Å². The van der Waals surface area contributed by atoms with Crippen LogP contribution in [0.1, 0.15) is 42.6 Å². The molecule has 1 aromatic rings. The highest BCUT2D eigenvalue weighted by Crippen LogP contribution is 2.30. The fourth-order valence-corrected chi connectivity index (χ4v) is 1.83. The Morgan fingerprint density at radius 3 is 2.31 bits per heavy atom. The van der Waals surface area contributed by atoms with E-state index in [-0.39, 0.29) is 6.17 Å². The van der Waals surface area contributed by atoms with Crippen LogP contribution in [-0.4, -0.2) is 14.2 Å². The topological polar surface area (TPSA) is 47.3 Å². The lowest BCUT2D eigenvalue weighted by Crippen LogP contribution is -2.25. The zero-order valence-corrected chi connectivity index (χ0v) is 10.8. The van der Waals surface area contributed by atoms with Gasteiger partial charge in [-0.2, -0.15) is 0 Å². The molecule has 0 radical (unpaired) electrons. The molecule has 0 amide bonds. The fraction of sp³-hybridized carbons (Fsp3) is 0.538. The van der Waals surface area contributed by atoms with Crippen LogP contribution in [0.25, 0.3) is 0 Å². The van der Waals surface area contributed by atoms with Crippen molar-refractivity contribution in [3.05, 3.63) is 28.8 Å². The summed E-state index contributed by atoms with van der Waals surface area (Å²) in [5.74, 6) is 1.37. The molecule has 1 rings (SSSR count). The normalized spacial score (nSPS) is 12.9. The van der Waals surface area contributed by atoms with Crippen molar-refractivity contribution >= 4 is 0 Å². The lowest BCUT2D eigenvalue weighted by molar-refractivity contribution is 0.406. The van der Waals surface area contributed by atoms with E-state index >= 15 is 0 Å². The van der Waals surface area contributed by atoms with Gasteiger partial charge in [-0.05, 0) is 48.7 Å². The molecule has 3 nitrogen and oxygen atoms in total. The summed E-state index contributed by atoms with van der Waals surface area (Å²) in [6, 6.07) is 4.20. The quantitative estimate of drug-likeness (QED) is 0.768. The fourth-order valence-electron chi connectivity index (χ4n) is 1.83. The SMILES string of the molecule is CNC(N)c1cc(C(C)C)c(OC)cc1C. The van der Waals surface area contributed by atoms with Crippen molar-refractivity contribution in [2.75, 3.05) is 14.2 Å². The molecule has 0 saturated heterocycles. The summed E-state index contributed by atoms with van der Waals surface area (Å²) < 4.78 is 5.39. The molecule has 0 aliphatic carbocycles. The third-order valence-electron chi connectivity index (χ3n) is 2.89. The van der Waals surface area contributed by atoms with Gasteiger partial charge in [0.05, 0.1) is 13.3 Å². The Labute approximate surface area is 98.0 Å². The average Bonchev–Trinajstić information content (AvgIpc) is 2.27. The van der Waals surface area contributed by atoms with Gasteiger partial charge in [0.1, 0.15) is 5.75 Å². The molecule has 0 spiro atoms. The maximum atomic E-state index is 6.00. The van der Waals surface area contributed by atoms with Gasteiger partial charge < -0.3 is 15.8 Å². The Kier molecular flexibility index (Phi) is 4.33. The van der Waals surface area contributed by atoms with Crippen LogP contribution in [0.4, 0.5) is 0 Å². The first-order chi connectivity index (χ1) is 7.51. The van der Waals surface area contributed by atoms with Gasteiger partial charge in [-0.3, -0.25) is 0 Å². The summed E-state index contributed by atoms with van der Waals surface area (Å²) in [5.41, 5.74) is 9.49. The molecule has 1 aromatic carbocycles. The average molecular weight is 222 g/mol. The predicted molar refractivity (Wildman–Crippen MR) is 67.8 cm³/mol. The van der Waals surface area contributed by atoms with Crippen molar-refractivity contribution in [1.82, 2.24) is 5.32 Å². The number of ether oxygens (including phenoxy) is 1. The summed E-state index contributed by atoms with van der Waals surface area (Å²) in [6.07, 6.45) is -0.122. The van der Waals surface area contributed by atoms with E-state index in [0.717, 1.165) is 16.9 Å². The summed E-state index contributed by atoms with van der Waals surface area (Å²) in [4.78, 5) is 0. The number of methoxy groups -OCH3 is 1. The Bertz CT molecular complexity index is 361. The zero-order chi connectivity index (χ0) is 12.3. The summed E-state index contributed by atoms with van der Waals surface area (Å²) >= 11 is 0. The molecule has 0 fully saturated rings. The molecular formula is C13H22N2O. The number of nitrogens with one attached hydrogen (secondary N) is 1. The number of rotatable bonds is 4. The number of hydrogen-bond acceptors (Lipinski definition) is 3. The van der Waals surface area contributed by atoms with Gasteiger partial charge >= 0.3 is 0 Å². The Morgan fingerprint density at radius 1 is 1.25 bits per heavy atom. The highest BCUT2D eigenvalue weighted by atomic mass is 16.5. The smallest absolute Gasteiger partial charge is 0.122 e. The minimum Gasteiger partial charge on any atom is -0.496 e. The molecule has 16 heavy (non-hydrogen) atoms. The van der Waals surface area contributed by atoms with Crippen LogP contribution in [0.15, 0.2) is 12.1 Å². The lowest BCUT2D eigenvalue weighted by atomic mass is 9.95. The molecule has 90 valence electrons. The van der Waals surface area contributed by atoms with Gasteiger partial charge in [-0.25, -0.2) is 0 Å².